The van der Waals surface area contributed by atoms with E-state index in [4.69, 9.17) is 14.2 Å². The Labute approximate surface area is 172 Å². The quantitative estimate of drug-likeness (QED) is 0.205. The first kappa shape index (κ1) is 20.5. The van der Waals surface area contributed by atoms with Crippen LogP contribution in [0.1, 0.15) is 11.1 Å². The van der Waals surface area contributed by atoms with Gasteiger partial charge in [0.2, 0.25) is 5.90 Å². The number of esters is 1. The zero-order chi connectivity index (χ0) is 21.5. The molecule has 3 rings (SSSR count). The minimum atomic E-state index is -0.621. The van der Waals surface area contributed by atoms with Gasteiger partial charge >= 0.3 is 5.97 Å². The van der Waals surface area contributed by atoms with E-state index in [1.54, 1.807) is 36.4 Å². The van der Waals surface area contributed by atoms with E-state index in [2.05, 4.69) is 18.2 Å². The Bertz CT molecular complexity index is 1050. The predicted molar refractivity (Wildman–Crippen MR) is 112 cm³/mol. The van der Waals surface area contributed by atoms with Crippen molar-refractivity contribution in [3.8, 4) is 11.5 Å². The van der Waals surface area contributed by atoms with Crippen LogP contribution in [0.25, 0.3) is 6.08 Å². The molecule has 0 aromatic heterocycles. The lowest BCUT2D eigenvalue weighted by molar-refractivity contribution is -0.384. The first-order valence-corrected chi connectivity index (χ1v) is 8.90. The SMILES string of the molecule is C=CCOc1ccc(/C=C2/N=C(c3ccc([N+](=O)[O-])cc3)OC2=O)cc1OCC=C. The third kappa shape index (κ3) is 4.79. The highest BCUT2D eigenvalue weighted by Crippen LogP contribution is 2.30. The van der Waals surface area contributed by atoms with Gasteiger partial charge in [-0.05, 0) is 35.9 Å². The molecule has 8 heteroatoms. The van der Waals surface area contributed by atoms with Gasteiger partial charge in [-0.1, -0.05) is 31.4 Å². The Hall–Kier alpha value is -4.20. The van der Waals surface area contributed by atoms with Crippen LogP contribution in [-0.4, -0.2) is 30.0 Å². The van der Waals surface area contributed by atoms with Gasteiger partial charge in [0, 0.05) is 17.7 Å². The van der Waals surface area contributed by atoms with Crippen LogP contribution in [0.15, 0.2) is 78.5 Å². The standard InChI is InChI=1S/C22H18N2O6/c1-3-11-28-19-10-5-15(14-20(19)29-12-4-2)13-18-22(25)30-21(23-18)16-6-8-17(9-7-16)24(26)27/h3-10,13-14H,1-2,11-12H2/b18-13+. The van der Waals surface area contributed by atoms with E-state index >= 15 is 0 Å². The van der Waals surface area contributed by atoms with Crippen LogP contribution in [0.4, 0.5) is 5.69 Å². The van der Waals surface area contributed by atoms with Crippen molar-refractivity contribution < 1.29 is 23.9 Å². The summed E-state index contributed by atoms with van der Waals surface area (Å²) in [5, 5.41) is 10.8. The molecular formula is C22H18N2O6. The van der Waals surface area contributed by atoms with Gasteiger partial charge in [0.05, 0.1) is 4.92 Å². The Morgan fingerprint density at radius 3 is 2.33 bits per heavy atom. The van der Waals surface area contributed by atoms with E-state index in [1.807, 2.05) is 0 Å². The van der Waals surface area contributed by atoms with Crippen molar-refractivity contribution >= 4 is 23.6 Å². The highest BCUT2D eigenvalue weighted by molar-refractivity contribution is 6.12. The van der Waals surface area contributed by atoms with Gasteiger partial charge < -0.3 is 14.2 Å². The molecule has 2 aromatic carbocycles. The predicted octanol–water partition coefficient (Wildman–Crippen LogP) is 4.07. The largest absolute Gasteiger partial charge is 0.486 e. The van der Waals surface area contributed by atoms with Gasteiger partial charge in [0.15, 0.2) is 17.2 Å². The smallest absolute Gasteiger partial charge is 0.363 e. The van der Waals surface area contributed by atoms with Crippen molar-refractivity contribution in [1.82, 2.24) is 0 Å². The summed E-state index contributed by atoms with van der Waals surface area (Å²) in [5.74, 6) is 0.471. The van der Waals surface area contributed by atoms with Crippen LogP contribution < -0.4 is 9.47 Å². The van der Waals surface area contributed by atoms with E-state index < -0.39 is 10.9 Å². The normalized spacial score (nSPS) is 14.1. The molecular weight excluding hydrogens is 388 g/mol. The number of aliphatic imine (C=N–C) groups is 1. The monoisotopic (exact) mass is 406 g/mol. The second kappa shape index (κ2) is 9.33. The molecule has 8 nitrogen and oxygen atoms in total. The maximum absolute atomic E-state index is 12.2. The number of hydrogen-bond donors (Lipinski definition) is 0. The van der Waals surface area contributed by atoms with E-state index in [1.165, 1.54) is 24.3 Å². The molecule has 1 heterocycles. The molecule has 1 aliphatic heterocycles. The molecule has 0 aliphatic carbocycles. The number of non-ortho nitro benzene ring substituents is 1. The van der Waals surface area contributed by atoms with Gasteiger partial charge in [-0.3, -0.25) is 10.1 Å². The lowest BCUT2D eigenvalue weighted by Crippen LogP contribution is -2.05. The van der Waals surface area contributed by atoms with Crippen molar-refractivity contribution in [2.24, 2.45) is 4.99 Å². The summed E-state index contributed by atoms with van der Waals surface area (Å²) >= 11 is 0. The summed E-state index contributed by atoms with van der Waals surface area (Å²) in [6.07, 6.45) is 4.78. The van der Waals surface area contributed by atoms with Crippen LogP contribution in [0.3, 0.4) is 0 Å². The number of nitro benzene ring substituents is 1. The summed E-state index contributed by atoms with van der Waals surface area (Å²) in [7, 11) is 0. The third-order valence-electron chi connectivity index (χ3n) is 3.93. The van der Waals surface area contributed by atoms with E-state index in [-0.39, 0.29) is 23.9 Å². The molecule has 0 unspecified atom stereocenters. The first-order chi connectivity index (χ1) is 14.5. The summed E-state index contributed by atoms with van der Waals surface area (Å²) in [6.45, 7) is 7.85. The number of nitro groups is 1. The average molecular weight is 406 g/mol. The van der Waals surface area contributed by atoms with Gasteiger partial charge in [-0.15, -0.1) is 0 Å². The molecule has 30 heavy (non-hydrogen) atoms. The summed E-state index contributed by atoms with van der Waals surface area (Å²) < 4.78 is 16.4. The maximum Gasteiger partial charge on any atom is 0.363 e. The van der Waals surface area contributed by atoms with Crippen LogP contribution in [0, 0.1) is 10.1 Å². The molecule has 0 radical (unpaired) electrons. The van der Waals surface area contributed by atoms with Crippen molar-refractivity contribution in [3.63, 3.8) is 0 Å². The van der Waals surface area contributed by atoms with Crippen LogP contribution in [-0.2, 0) is 9.53 Å². The molecule has 0 spiro atoms. The minimum absolute atomic E-state index is 0.0646. The summed E-state index contributed by atoms with van der Waals surface area (Å²) in [6, 6.07) is 10.8. The lowest BCUT2D eigenvalue weighted by atomic mass is 10.1. The number of nitrogens with zero attached hydrogens (tertiary/aromatic N) is 2. The highest BCUT2D eigenvalue weighted by atomic mass is 16.6. The second-order valence-electron chi connectivity index (χ2n) is 6.05. The van der Waals surface area contributed by atoms with Crippen LogP contribution in [0.2, 0.25) is 0 Å². The zero-order valence-corrected chi connectivity index (χ0v) is 15.9. The van der Waals surface area contributed by atoms with Crippen LogP contribution >= 0.6 is 0 Å². The van der Waals surface area contributed by atoms with E-state index in [0.29, 0.717) is 29.2 Å². The number of rotatable bonds is 9. The molecule has 0 atom stereocenters. The molecule has 0 fully saturated rings. The summed E-state index contributed by atoms with van der Waals surface area (Å²) in [5.41, 5.74) is 1.14. The van der Waals surface area contributed by atoms with E-state index in [0.717, 1.165) is 0 Å². The lowest BCUT2D eigenvalue weighted by Gasteiger charge is -2.11. The fourth-order valence-electron chi connectivity index (χ4n) is 2.56. The number of hydrogen-bond acceptors (Lipinski definition) is 7. The molecule has 0 saturated carbocycles. The fourth-order valence-corrected chi connectivity index (χ4v) is 2.56. The molecule has 0 bridgehead atoms. The highest BCUT2D eigenvalue weighted by Gasteiger charge is 2.24. The molecule has 0 N–H and O–H groups in total. The maximum atomic E-state index is 12.2. The van der Waals surface area contributed by atoms with Crippen LogP contribution in [0.5, 0.6) is 11.5 Å². The Morgan fingerprint density at radius 2 is 1.70 bits per heavy atom. The van der Waals surface area contributed by atoms with Crippen molar-refractivity contribution in [2.45, 2.75) is 0 Å². The molecule has 1 aliphatic rings. The van der Waals surface area contributed by atoms with Gasteiger partial charge in [-0.25, -0.2) is 9.79 Å². The molecule has 152 valence electrons. The number of ether oxygens (including phenoxy) is 3. The van der Waals surface area contributed by atoms with Gasteiger partial charge in [-0.2, -0.15) is 0 Å². The Balaban J connectivity index is 1.87. The zero-order valence-electron chi connectivity index (χ0n) is 15.9. The first-order valence-electron chi connectivity index (χ1n) is 8.90. The Kier molecular flexibility index (Phi) is 6.39. The fraction of sp³-hybridized carbons (Fsp3) is 0.0909. The topological polar surface area (TPSA) is 100 Å². The average Bonchev–Trinajstić information content (AvgIpc) is 3.11. The van der Waals surface area contributed by atoms with Crippen molar-refractivity contribution in [1.29, 1.82) is 0 Å². The van der Waals surface area contributed by atoms with E-state index in [9.17, 15) is 14.9 Å². The van der Waals surface area contributed by atoms with Crippen molar-refractivity contribution in [2.75, 3.05) is 13.2 Å². The van der Waals surface area contributed by atoms with Gasteiger partial charge in [0.1, 0.15) is 13.2 Å². The number of carbonyl (C=O) groups is 1. The molecule has 2 aromatic rings. The summed E-state index contributed by atoms with van der Waals surface area (Å²) in [4.78, 5) is 26.7. The number of cyclic esters (lactones) is 1. The molecule has 0 amide bonds. The number of carbonyl (C=O) groups excluding carboxylic acids is 1. The van der Waals surface area contributed by atoms with Gasteiger partial charge in [0.25, 0.3) is 5.69 Å². The van der Waals surface area contributed by atoms with Crippen molar-refractivity contribution in [3.05, 3.63) is 94.7 Å². The number of benzene rings is 2. The third-order valence-corrected chi connectivity index (χ3v) is 3.93. The second-order valence-corrected chi connectivity index (χ2v) is 6.05. The minimum Gasteiger partial charge on any atom is -0.486 e. The molecule has 0 saturated heterocycles. The Morgan fingerprint density at radius 1 is 1.03 bits per heavy atom.